The van der Waals surface area contributed by atoms with Crippen LogP contribution in [0.25, 0.3) is 0 Å². The van der Waals surface area contributed by atoms with E-state index in [2.05, 4.69) is 40.2 Å². The zero-order chi connectivity index (χ0) is 12.1. The Kier molecular flexibility index (Phi) is 5.05. The molecule has 1 fully saturated rings. The third-order valence-corrected chi connectivity index (χ3v) is 4.55. The number of hydrogen-bond donors (Lipinski definition) is 1. The van der Waals surface area contributed by atoms with Gasteiger partial charge in [-0.25, -0.2) is 0 Å². The van der Waals surface area contributed by atoms with Crippen LogP contribution in [0.4, 0.5) is 0 Å². The van der Waals surface area contributed by atoms with Gasteiger partial charge in [0.2, 0.25) is 0 Å². The molecular weight excluding hydrogens is 274 g/mol. The van der Waals surface area contributed by atoms with Crippen LogP contribution >= 0.6 is 15.9 Å². The molecule has 1 aliphatic carbocycles. The number of halogens is 1. The van der Waals surface area contributed by atoms with Crippen molar-refractivity contribution in [3.8, 4) is 0 Å². The van der Waals surface area contributed by atoms with E-state index in [4.69, 9.17) is 5.73 Å². The van der Waals surface area contributed by atoms with E-state index < -0.39 is 0 Å². The molecule has 1 aromatic rings. The highest BCUT2D eigenvalue weighted by Gasteiger charge is 2.22. The molecule has 17 heavy (non-hydrogen) atoms. The predicted octanol–water partition coefficient (Wildman–Crippen LogP) is 4.46. The first-order valence-electron chi connectivity index (χ1n) is 6.77. The average Bonchev–Trinajstić information content (AvgIpc) is 2.62. The van der Waals surface area contributed by atoms with Crippen molar-refractivity contribution >= 4 is 15.9 Å². The van der Waals surface area contributed by atoms with Gasteiger partial charge in [-0.15, -0.1) is 0 Å². The predicted molar refractivity (Wildman–Crippen MR) is 77.1 cm³/mol. The molecule has 0 radical (unpaired) electrons. The maximum Gasteiger partial charge on any atom is 0.0175 e. The van der Waals surface area contributed by atoms with Crippen LogP contribution in [0, 0.1) is 5.92 Å². The summed E-state index contributed by atoms with van der Waals surface area (Å²) < 4.78 is 1.15. The maximum atomic E-state index is 6.01. The number of hydrogen-bond acceptors (Lipinski definition) is 1. The van der Waals surface area contributed by atoms with Crippen LogP contribution in [0.1, 0.15) is 50.0 Å². The van der Waals surface area contributed by atoms with Gasteiger partial charge in [-0.3, -0.25) is 0 Å². The monoisotopic (exact) mass is 295 g/mol. The minimum absolute atomic E-state index is 0.557. The molecule has 1 atom stereocenters. The first kappa shape index (κ1) is 13.1. The summed E-state index contributed by atoms with van der Waals surface area (Å²) in [6.07, 6.45) is 8.31. The van der Waals surface area contributed by atoms with Gasteiger partial charge in [-0.1, -0.05) is 53.7 Å². The van der Waals surface area contributed by atoms with Crippen molar-refractivity contribution in [2.45, 2.75) is 44.4 Å². The van der Waals surface area contributed by atoms with Crippen molar-refractivity contribution in [2.24, 2.45) is 11.7 Å². The van der Waals surface area contributed by atoms with Gasteiger partial charge in [0.25, 0.3) is 0 Å². The fourth-order valence-corrected chi connectivity index (χ4v) is 3.29. The molecule has 0 aliphatic heterocycles. The van der Waals surface area contributed by atoms with Crippen LogP contribution in [0.5, 0.6) is 0 Å². The molecule has 94 valence electrons. The second-order valence-corrected chi connectivity index (χ2v) is 6.06. The zero-order valence-electron chi connectivity index (χ0n) is 10.4. The largest absolute Gasteiger partial charge is 0.330 e. The molecular formula is C15H22BrN. The lowest BCUT2D eigenvalue weighted by atomic mass is 9.81. The summed E-state index contributed by atoms with van der Waals surface area (Å²) in [6, 6.07) is 8.72. The molecule has 2 N–H and O–H groups in total. The minimum Gasteiger partial charge on any atom is -0.330 e. The maximum absolute atomic E-state index is 6.01. The molecule has 1 aromatic carbocycles. The molecule has 2 rings (SSSR count). The summed E-state index contributed by atoms with van der Waals surface area (Å²) >= 11 is 3.49. The Morgan fingerprint density at radius 2 is 1.65 bits per heavy atom. The van der Waals surface area contributed by atoms with Crippen LogP contribution in [-0.4, -0.2) is 6.54 Å². The molecule has 1 nitrogen and oxygen atoms in total. The van der Waals surface area contributed by atoms with E-state index in [1.807, 2.05) is 0 Å². The lowest BCUT2D eigenvalue weighted by molar-refractivity contribution is 0.380. The van der Waals surface area contributed by atoms with Gasteiger partial charge in [0.05, 0.1) is 0 Å². The van der Waals surface area contributed by atoms with E-state index in [9.17, 15) is 0 Å². The minimum atomic E-state index is 0.557. The third kappa shape index (κ3) is 3.56. The molecule has 0 amide bonds. The summed E-state index contributed by atoms with van der Waals surface area (Å²) in [4.78, 5) is 0. The first-order chi connectivity index (χ1) is 8.31. The first-order valence-corrected chi connectivity index (χ1v) is 7.56. The number of nitrogens with two attached hydrogens (primary N) is 1. The third-order valence-electron chi connectivity index (χ3n) is 4.02. The molecule has 1 saturated carbocycles. The van der Waals surface area contributed by atoms with E-state index in [0.717, 1.165) is 16.9 Å². The lowest BCUT2D eigenvalue weighted by Gasteiger charge is -2.25. The molecule has 0 aromatic heterocycles. The summed E-state index contributed by atoms with van der Waals surface area (Å²) in [5, 5.41) is 0. The van der Waals surface area contributed by atoms with Crippen LogP contribution in [0.3, 0.4) is 0 Å². The van der Waals surface area contributed by atoms with E-state index in [0.29, 0.717) is 5.92 Å². The van der Waals surface area contributed by atoms with Crippen molar-refractivity contribution in [2.75, 3.05) is 6.54 Å². The molecule has 0 bridgehead atoms. The Labute approximate surface area is 113 Å². The number of rotatable bonds is 3. The Morgan fingerprint density at radius 1 is 1.06 bits per heavy atom. The van der Waals surface area contributed by atoms with Crippen molar-refractivity contribution in [1.29, 1.82) is 0 Å². The average molecular weight is 296 g/mol. The second-order valence-electron chi connectivity index (χ2n) is 5.15. The van der Waals surface area contributed by atoms with Gasteiger partial charge in [0.1, 0.15) is 0 Å². The molecule has 0 heterocycles. The van der Waals surface area contributed by atoms with E-state index in [-0.39, 0.29) is 0 Å². The van der Waals surface area contributed by atoms with E-state index in [1.165, 1.54) is 44.1 Å². The highest BCUT2D eigenvalue weighted by Crippen LogP contribution is 2.34. The van der Waals surface area contributed by atoms with Crippen LogP contribution in [0.15, 0.2) is 28.7 Å². The summed E-state index contributed by atoms with van der Waals surface area (Å²) in [5.41, 5.74) is 7.43. The zero-order valence-corrected chi connectivity index (χ0v) is 12.0. The van der Waals surface area contributed by atoms with Gasteiger partial charge in [0.15, 0.2) is 0 Å². The fourth-order valence-electron chi connectivity index (χ4n) is 3.02. The molecule has 1 aliphatic rings. The van der Waals surface area contributed by atoms with Crippen molar-refractivity contribution in [1.82, 2.24) is 0 Å². The SMILES string of the molecule is NCC(c1ccc(Br)cc1)C1CCCCCC1. The highest BCUT2D eigenvalue weighted by molar-refractivity contribution is 9.10. The van der Waals surface area contributed by atoms with Gasteiger partial charge >= 0.3 is 0 Å². The second kappa shape index (κ2) is 6.55. The Hall–Kier alpha value is -0.340. The topological polar surface area (TPSA) is 26.0 Å². The van der Waals surface area contributed by atoms with Gasteiger partial charge in [-0.2, -0.15) is 0 Å². The smallest absolute Gasteiger partial charge is 0.0175 e. The summed E-state index contributed by atoms with van der Waals surface area (Å²) in [6.45, 7) is 0.784. The van der Waals surface area contributed by atoms with E-state index >= 15 is 0 Å². The van der Waals surface area contributed by atoms with Gasteiger partial charge in [0, 0.05) is 4.47 Å². The Bertz CT molecular complexity index is 325. The van der Waals surface area contributed by atoms with Gasteiger partial charge < -0.3 is 5.73 Å². The molecule has 2 heteroatoms. The molecule has 0 saturated heterocycles. The Balaban J connectivity index is 2.11. The van der Waals surface area contributed by atoms with E-state index in [1.54, 1.807) is 0 Å². The van der Waals surface area contributed by atoms with Crippen molar-refractivity contribution in [3.63, 3.8) is 0 Å². The molecule has 1 unspecified atom stereocenters. The van der Waals surface area contributed by atoms with Crippen molar-refractivity contribution < 1.29 is 0 Å². The van der Waals surface area contributed by atoms with Crippen LogP contribution in [-0.2, 0) is 0 Å². The van der Waals surface area contributed by atoms with Crippen molar-refractivity contribution in [3.05, 3.63) is 34.3 Å². The quantitative estimate of drug-likeness (QED) is 0.819. The van der Waals surface area contributed by atoms with Gasteiger partial charge in [-0.05, 0) is 48.9 Å². The fraction of sp³-hybridized carbons (Fsp3) is 0.600. The van der Waals surface area contributed by atoms with Crippen LogP contribution < -0.4 is 5.73 Å². The summed E-state index contributed by atoms with van der Waals surface area (Å²) in [7, 11) is 0. The summed E-state index contributed by atoms with van der Waals surface area (Å²) in [5.74, 6) is 1.35. The highest BCUT2D eigenvalue weighted by atomic mass is 79.9. The molecule has 0 spiro atoms. The number of benzene rings is 1. The van der Waals surface area contributed by atoms with Crippen LogP contribution in [0.2, 0.25) is 0 Å². The normalized spacial score (nSPS) is 19.9. The standard InChI is InChI=1S/C15H22BrN/c16-14-9-7-13(8-10-14)15(11-17)12-5-3-1-2-4-6-12/h7-10,12,15H,1-6,11,17H2. The Morgan fingerprint density at radius 3 is 2.18 bits per heavy atom. The lowest BCUT2D eigenvalue weighted by Crippen LogP contribution is -2.21.